The van der Waals surface area contributed by atoms with Crippen molar-refractivity contribution in [3.63, 3.8) is 0 Å². The SMILES string of the molecule is CC(=O)c1c(C)[nH]c(C(=O)OCC(=O)Nc2ccccc2-c2ccccc2)c1C. The number of anilines is 1. The van der Waals surface area contributed by atoms with Crippen molar-refractivity contribution in [2.45, 2.75) is 20.8 Å². The number of benzene rings is 2. The van der Waals surface area contributed by atoms with Crippen LogP contribution in [0, 0.1) is 13.8 Å². The summed E-state index contributed by atoms with van der Waals surface area (Å²) in [5.41, 5.74) is 4.25. The zero-order chi connectivity index (χ0) is 21.0. The van der Waals surface area contributed by atoms with Gasteiger partial charge in [0, 0.05) is 22.5 Å². The highest BCUT2D eigenvalue weighted by Crippen LogP contribution is 2.27. The normalized spacial score (nSPS) is 10.4. The van der Waals surface area contributed by atoms with E-state index in [1.165, 1.54) is 6.92 Å². The summed E-state index contributed by atoms with van der Waals surface area (Å²) in [6.07, 6.45) is 0. The molecule has 2 aromatic carbocycles. The molecule has 0 saturated heterocycles. The summed E-state index contributed by atoms with van der Waals surface area (Å²) in [7, 11) is 0. The van der Waals surface area contributed by atoms with Crippen LogP contribution < -0.4 is 5.32 Å². The number of aromatic amines is 1. The van der Waals surface area contributed by atoms with Gasteiger partial charge in [-0.3, -0.25) is 9.59 Å². The maximum Gasteiger partial charge on any atom is 0.355 e. The van der Waals surface area contributed by atoms with Crippen LogP contribution in [0.2, 0.25) is 0 Å². The minimum Gasteiger partial charge on any atom is -0.451 e. The van der Waals surface area contributed by atoms with Gasteiger partial charge in [0.15, 0.2) is 12.4 Å². The fourth-order valence-electron chi connectivity index (χ4n) is 3.33. The van der Waals surface area contributed by atoms with E-state index in [-0.39, 0.29) is 11.5 Å². The number of esters is 1. The van der Waals surface area contributed by atoms with E-state index in [2.05, 4.69) is 10.3 Å². The lowest BCUT2D eigenvalue weighted by Gasteiger charge is -2.11. The highest BCUT2D eigenvalue weighted by Gasteiger charge is 2.21. The van der Waals surface area contributed by atoms with Gasteiger partial charge in [-0.25, -0.2) is 4.79 Å². The van der Waals surface area contributed by atoms with Gasteiger partial charge < -0.3 is 15.0 Å². The first-order chi connectivity index (χ1) is 13.9. The molecule has 0 aliphatic heterocycles. The summed E-state index contributed by atoms with van der Waals surface area (Å²) in [4.78, 5) is 39.3. The van der Waals surface area contributed by atoms with Crippen molar-refractivity contribution in [1.29, 1.82) is 0 Å². The van der Waals surface area contributed by atoms with Gasteiger partial charge in [-0.15, -0.1) is 0 Å². The third kappa shape index (κ3) is 4.43. The minimum absolute atomic E-state index is 0.134. The molecule has 0 saturated carbocycles. The van der Waals surface area contributed by atoms with E-state index >= 15 is 0 Å². The fraction of sp³-hybridized carbons (Fsp3) is 0.174. The fourth-order valence-corrected chi connectivity index (χ4v) is 3.33. The lowest BCUT2D eigenvalue weighted by atomic mass is 10.0. The van der Waals surface area contributed by atoms with E-state index in [9.17, 15) is 14.4 Å². The Labute approximate surface area is 168 Å². The smallest absolute Gasteiger partial charge is 0.355 e. The summed E-state index contributed by atoms with van der Waals surface area (Å²) < 4.78 is 5.14. The summed E-state index contributed by atoms with van der Waals surface area (Å²) in [6, 6.07) is 17.1. The van der Waals surface area contributed by atoms with Crippen LogP contribution in [-0.4, -0.2) is 29.3 Å². The lowest BCUT2D eigenvalue weighted by molar-refractivity contribution is -0.119. The van der Waals surface area contributed by atoms with Gasteiger partial charge in [0.05, 0.1) is 0 Å². The highest BCUT2D eigenvalue weighted by molar-refractivity contribution is 6.02. The van der Waals surface area contributed by atoms with Crippen molar-refractivity contribution in [3.05, 3.63) is 77.1 Å². The molecule has 3 rings (SSSR count). The third-order valence-electron chi connectivity index (χ3n) is 4.61. The number of hydrogen-bond acceptors (Lipinski definition) is 4. The Hall–Kier alpha value is -3.67. The van der Waals surface area contributed by atoms with Crippen LogP contribution in [0.1, 0.15) is 39.0 Å². The topological polar surface area (TPSA) is 88.3 Å². The molecule has 1 amide bonds. The number of aromatic nitrogens is 1. The number of aryl methyl sites for hydroxylation is 1. The number of hydrogen-bond donors (Lipinski definition) is 2. The first-order valence-electron chi connectivity index (χ1n) is 9.20. The van der Waals surface area contributed by atoms with Crippen molar-refractivity contribution in [2.24, 2.45) is 0 Å². The average Bonchev–Trinajstić information content (AvgIpc) is 3.01. The third-order valence-corrected chi connectivity index (χ3v) is 4.61. The number of carbonyl (C=O) groups excluding carboxylic acids is 3. The molecule has 0 fully saturated rings. The number of Topliss-reactive ketones (excluding diaryl/α,β-unsaturated/α-hetero) is 1. The second kappa shape index (κ2) is 8.56. The first-order valence-corrected chi connectivity index (χ1v) is 9.20. The Morgan fingerprint density at radius 3 is 2.28 bits per heavy atom. The molecule has 1 heterocycles. The van der Waals surface area contributed by atoms with Gasteiger partial charge in [-0.1, -0.05) is 48.5 Å². The highest BCUT2D eigenvalue weighted by atomic mass is 16.5. The maximum atomic E-state index is 12.4. The summed E-state index contributed by atoms with van der Waals surface area (Å²) >= 11 is 0. The predicted molar refractivity (Wildman–Crippen MR) is 111 cm³/mol. The van der Waals surface area contributed by atoms with Crippen LogP contribution in [-0.2, 0) is 9.53 Å². The van der Waals surface area contributed by atoms with E-state index in [1.807, 2.05) is 48.5 Å². The summed E-state index contributed by atoms with van der Waals surface area (Å²) in [5.74, 6) is -1.26. The summed E-state index contributed by atoms with van der Waals surface area (Å²) in [6.45, 7) is 4.39. The molecule has 0 aliphatic carbocycles. The van der Waals surface area contributed by atoms with Crippen molar-refractivity contribution in [3.8, 4) is 11.1 Å². The second-order valence-electron chi connectivity index (χ2n) is 6.72. The van der Waals surface area contributed by atoms with Gasteiger partial charge in [-0.05, 0) is 38.0 Å². The molecule has 0 atom stereocenters. The molecule has 0 unspecified atom stereocenters. The second-order valence-corrected chi connectivity index (χ2v) is 6.72. The lowest BCUT2D eigenvalue weighted by Crippen LogP contribution is -2.21. The molecule has 6 heteroatoms. The van der Waals surface area contributed by atoms with Crippen molar-refractivity contribution < 1.29 is 19.1 Å². The predicted octanol–water partition coefficient (Wildman–Crippen LogP) is 4.30. The van der Waals surface area contributed by atoms with Gasteiger partial charge >= 0.3 is 5.97 Å². The Kier molecular flexibility index (Phi) is 5.93. The molecule has 1 aromatic heterocycles. The Bertz CT molecular complexity index is 1070. The van der Waals surface area contributed by atoms with Crippen LogP contribution in [0.5, 0.6) is 0 Å². The van der Waals surface area contributed by atoms with Gasteiger partial charge in [-0.2, -0.15) is 0 Å². The standard InChI is InChI=1S/C23H22N2O4/c1-14-21(16(3)26)15(2)24-22(14)23(28)29-13-20(27)25-19-12-8-7-11-18(19)17-9-5-4-6-10-17/h4-12,24H,13H2,1-3H3,(H,25,27). The monoisotopic (exact) mass is 390 g/mol. The molecule has 29 heavy (non-hydrogen) atoms. The molecular weight excluding hydrogens is 368 g/mol. The van der Waals surface area contributed by atoms with Crippen LogP contribution in [0.15, 0.2) is 54.6 Å². The molecule has 6 nitrogen and oxygen atoms in total. The molecule has 3 aromatic rings. The van der Waals surface area contributed by atoms with Gasteiger partial charge in [0.25, 0.3) is 5.91 Å². The number of H-pyrrole nitrogens is 1. The zero-order valence-electron chi connectivity index (χ0n) is 16.5. The van der Waals surface area contributed by atoms with E-state index in [0.29, 0.717) is 22.5 Å². The number of nitrogens with one attached hydrogen (secondary N) is 2. The van der Waals surface area contributed by atoms with E-state index in [1.54, 1.807) is 19.9 Å². The zero-order valence-corrected chi connectivity index (χ0v) is 16.5. The maximum absolute atomic E-state index is 12.4. The average molecular weight is 390 g/mol. The number of amides is 1. The number of ketones is 1. The van der Waals surface area contributed by atoms with E-state index in [4.69, 9.17) is 4.74 Å². The van der Waals surface area contributed by atoms with Crippen molar-refractivity contribution >= 4 is 23.3 Å². The van der Waals surface area contributed by atoms with E-state index in [0.717, 1.165) is 11.1 Å². The Morgan fingerprint density at radius 2 is 1.62 bits per heavy atom. The quantitative estimate of drug-likeness (QED) is 0.485. The van der Waals surface area contributed by atoms with Crippen LogP contribution in [0.25, 0.3) is 11.1 Å². The summed E-state index contributed by atoms with van der Waals surface area (Å²) in [5, 5.41) is 2.78. The molecule has 0 aliphatic rings. The van der Waals surface area contributed by atoms with Crippen molar-refractivity contribution in [1.82, 2.24) is 4.98 Å². The Morgan fingerprint density at radius 1 is 0.966 bits per heavy atom. The van der Waals surface area contributed by atoms with Crippen LogP contribution in [0.3, 0.4) is 0 Å². The van der Waals surface area contributed by atoms with Crippen LogP contribution in [0.4, 0.5) is 5.69 Å². The molecule has 2 N–H and O–H groups in total. The largest absolute Gasteiger partial charge is 0.451 e. The Balaban J connectivity index is 1.68. The molecule has 0 spiro atoms. The molecule has 0 radical (unpaired) electrons. The first kappa shape index (κ1) is 20.1. The molecule has 0 bridgehead atoms. The number of carbonyl (C=O) groups is 3. The van der Waals surface area contributed by atoms with Crippen molar-refractivity contribution in [2.75, 3.05) is 11.9 Å². The van der Waals surface area contributed by atoms with Gasteiger partial charge in [0.1, 0.15) is 5.69 Å². The number of para-hydroxylation sites is 1. The minimum atomic E-state index is -0.676. The van der Waals surface area contributed by atoms with E-state index < -0.39 is 18.5 Å². The molecule has 148 valence electrons. The van der Waals surface area contributed by atoms with Crippen LogP contribution >= 0.6 is 0 Å². The number of ether oxygens (including phenoxy) is 1. The van der Waals surface area contributed by atoms with Gasteiger partial charge in [0.2, 0.25) is 0 Å². The molecular formula is C23H22N2O4. The number of rotatable bonds is 6.